The number of aromatic nitrogens is 5. The number of allylic oxidation sites excluding steroid dienone is 1. The maximum atomic E-state index is 13.6. The van der Waals surface area contributed by atoms with Crippen LogP contribution in [0.4, 0.5) is 13.6 Å². The molecule has 4 aromatic rings. The number of amides is 1. The number of hydrogen-bond donors (Lipinski definition) is 2. The maximum absolute atomic E-state index is 13.6. The van der Waals surface area contributed by atoms with E-state index in [1.54, 1.807) is 13.1 Å². The summed E-state index contributed by atoms with van der Waals surface area (Å²) in [5, 5.41) is 15.8. The molecule has 0 unspecified atom stereocenters. The Balaban J connectivity index is 1.49. The molecule has 4 aromatic heterocycles. The smallest absolute Gasteiger partial charge is 0.404 e. The van der Waals surface area contributed by atoms with Gasteiger partial charge in [0.05, 0.1) is 23.7 Å². The monoisotopic (exact) mass is 456 g/mol. The molecule has 0 spiro atoms. The second-order valence-corrected chi connectivity index (χ2v) is 8.67. The molecule has 4 heterocycles. The number of imidazole rings is 1. The molecule has 32 heavy (non-hydrogen) atoms. The van der Waals surface area contributed by atoms with E-state index in [1.807, 2.05) is 12.1 Å². The molecule has 164 valence electrons. The molecule has 0 aliphatic heterocycles. The van der Waals surface area contributed by atoms with Crippen LogP contribution in [0.15, 0.2) is 30.6 Å². The first kappa shape index (κ1) is 20.4. The number of halogens is 2. The summed E-state index contributed by atoms with van der Waals surface area (Å²) >= 11 is 1.47. The van der Waals surface area contributed by atoms with E-state index in [0.29, 0.717) is 33.8 Å². The average molecular weight is 456 g/mol. The number of carboxylic acid groups (broad SMARTS) is 1. The van der Waals surface area contributed by atoms with E-state index in [9.17, 15) is 13.6 Å². The number of nitrogens with zero attached hydrogens (tertiary/aromatic N) is 5. The number of aryl methyl sites for hydroxylation is 1. The van der Waals surface area contributed by atoms with Crippen molar-refractivity contribution in [2.75, 3.05) is 0 Å². The average Bonchev–Trinajstić information content (AvgIpc) is 3.34. The van der Waals surface area contributed by atoms with E-state index in [4.69, 9.17) is 5.11 Å². The van der Waals surface area contributed by atoms with Crippen molar-refractivity contribution in [1.29, 1.82) is 0 Å². The Morgan fingerprint density at radius 2 is 2.16 bits per heavy atom. The largest absolute Gasteiger partial charge is 0.465 e. The van der Waals surface area contributed by atoms with Gasteiger partial charge >= 0.3 is 6.09 Å². The predicted octanol–water partition coefficient (Wildman–Crippen LogP) is 4.85. The molecule has 1 aliphatic rings. The van der Waals surface area contributed by atoms with Crippen LogP contribution in [0, 0.1) is 6.92 Å². The van der Waals surface area contributed by atoms with E-state index in [-0.39, 0.29) is 17.3 Å². The Morgan fingerprint density at radius 3 is 2.88 bits per heavy atom. The second-order valence-electron chi connectivity index (χ2n) is 7.64. The predicted molar refractivity (Wildman–Crippen MR) is 116 cm³/mol. The summed E-state index contributed by atoms with van der Waals surface area (Å²) in [5.74, 6) is 0. The molecule has 11 heteroatoms. The van der Waals surface area contributed by atoms with Crippen molar-refractivity contribution in [2.24, 2.45) is 0 Å². The van der Waals surface area contributed by atoms with E-state index in [2.05, 4.69) is 25.4 Å². The third-order valence-electron chi connectivity index (χ3n) is 5.37. The Morgan fingerprint density at radius 1 is 1.31 bits per heavy atom. The van der Waals surface area contributed by atoms with Crippen molar-refractivity contribution in [3.63, 3.8) is 0 Å². The van der Waals surface area contributed by atoms with Crippen molar-refractivity contribution < 1.29 is 18.7 Å². The highest BCUT2D eigenvalue weighted by Crippen LogP contribution is 2.35. The molecule has 2 N–H and O–H groups in total. The van der Waals surface area contributed by atoms with Crippen LogP contribution in [0.1, 0.15) is 41.8 Å². The van der Waals surface area contributed by atoms with Crippen LogP contribution in [0.2, 0.25) is 0 Å². The molecule has 8 nitrogen and oxygen atoms in total. The normalized spacial score (nSPS) is 16.6. The van der Waals surface area contributed by atoms with Gasteiger partial charge in [0, 0.05) is 10.9 Å². The van der Waals surface area contributed by atoms with Crippen molar-refractivity contribution in [3.05, 3.63) is 46.7 Å². The van der Waals surface area contributed by atoms with Gasteiger partial charge in [-0.05, 0) is 43.9 Å². The first-order chi connectivity index (χ1) is 15.4. The molecule has 1 aliphatic carbocycles. The fourth-order valence-electron chi connectivity index (χ4n) is 3.86. The van der Waals surface area contributed by atoms with Gasteiger partial charge in [0.15, 0.2) is 5.65 Å². The summed E-state index contributed by atoms with van der Waals surface area (Å²) in [7, 11) is 0. The zero-order chi connectivity index (χ0) is 22.4. The molecule has 0 saturated carbocycles. The summed E-state index contributed by atoms with van der Waals surface area (Å²) in [5.41, 5.74) is 3.09. The minimum Gasteiger partial charge on any atom is -0.465 e. The number of thiophene rings is 1. The van der Waals surface area contributed by atoms with Gasteiger partial charge in [0.2, 0.25) is 0 Å². The Bertz CT molecular complexity index is 1380. The number of rotatable bonds is 4. The van der Waals surface area contributed by atoms with Crippen molar-refractivity contribution in [1.82, 2.24) is 29.9 Å². The minimum atomic E-state index is -2.69. The third kappa shape index (κ3) is 3.79. The minimum absolute atomic E-state index is 0.0784. The van der Waals surface area contributed by atoms with E-state index in [0.717, 1.165) is 23.3 Å². The van der Waals surface area contributed by atoms with Crippen LogP contribution in [0.25, 0.3) is 33.0 Å². The molecule has 1 amide bonds. The first-order valence-corrected chi connectivity index (χ1v) is 10.8. The van der Waals surface area contributed by atoms with Gasteiger partial charge < -0.3 is 10.4 Å². The molecule has 0 fully saturated rings. The number of fused-ring (bicyclic) bond motifs is 2. The summed E-state index contributed by atoms with van der Waals surface area (Å²) in [4.78, 5) is 25.8. The molecule has 0 radical (unpaired) electrons. The molecule has 0 aromatic carbocycles. The number of nitrogens with one attached hydrogen (secondary N) is 1. The van der Waals surface area contributed by atoms with Gasteiger partial charge in [-0.3, -0.25) is 4.98 Å². The van der Waals surface area contributed by atoms with Crippen LogP contribution in [0.5, 0.6) is 0 Å². The highest BCUT2D eigenvalue weighted by Gasteiger charge is 2.20. The lowest BCUT2D eigenvalue weighted by atomic mass is 9.94. The summed E-state index contributed by atoms with van der Waals surface area (Å²) in [6.45, 7) is 1.72. The quantitative estimate of drug-likeness (QED) is 0.455. The Hall–Kier alpha value is -3.47. The summed E-state index contributed by atoms with van der Waals surface area (Å²) in [6.07, 6.45) is 3.58. The van der Waals surface area contributed by atoms with Gasteiger partial charge in [-0.15, -0.1) is 11.3 Å². The molecular formula is C21H18F2N6O2S. The molecule has 1 atom stereocenters. The highest BCUT2D eigenvalue weighted by molar-refractivity contribution is 7.19. The number of carbonyl (C=O) groups is 1. The molecule has 0 saturated heterocycles. The molecule has 0 bridgehead atoms. The molecular weight excluding hydrogens is 438 g/mol. The van der Waals surface area contributed by atoms with Gasteiger partial charge in [-0.2, -0.15) is 5.10 Å². The fraction of sp³-hybridized carbons (Fsp3) is 0.286. The number of hydrogen-bond acceptors (Lipinski definition) is 6. The highest BCUT2D eigenvalue weighted by atomic mass is 32.1. The fourth-order valence-corrected chi connectivity index (χ4v) is 4.92. The SMILES string of the molecule is Cc1cn2nc(-c3cnc4cc(C5=CC[C@H](NC(=O)O)CC5)sc4n3)cc(C(F)F)c2n1. The lowest BCUT2D eigenvalue weighted by molar-refractivity contribution is 0.152. The van der Waals surface area contributed by atoms with Crippen LogP contribution >= 0.6 is 11.3 Å². The van der Waals surface area contributed by atoms with Crippen molar-refractivity contribution in [2.45, 2.75) is 38.7 Å². The van der Waals surface area contributed by atoms with Crippen molar-refractivity contribution in [3.8, 4) is 11.4 Å². The van der Waals surface area contributed by atoms with E-state index >= 15 is 0 Å². The molecule has 5 rings (SSSR count). The van der Waals surface area contributed by atoms with Crippen LogP contribution < -0.4 is 5.32 Å². The summed E-state index contributed by atoms with van der Waals surface area (Å²) in [6, 6.07) is 3.19. The maximum Gasteiger partial charge on any atom is 0.404 e. The zero-order valence-electron chi connectivity index (χ0n) is 16.9. The van der Waals surface area contributed by atoms with Crippen molar-refractivity contribution >= 4 is 39.0 Å². The van der Waals surface area contributed by atoms with Gasteiger partial charge in [-0.1, -0.05) is 6.08 Å². The van der Waals surface area contributed by atoms with Crippen LogP contribution in [-0.4, -0.2) is 41.8 Å². The number of alkyl halides is 2. The topological polar surface area (TPSA) is 105 Å². The third-order valence-corrected chi connectivity index (χ3v) is 6.46. The van der Waals surface area contributed by atoms with Crippen LogP contribution in [-0.2, 0) is 0 Å². The lowest BCUT2D eigenvalue weighted by Crippen LogP contribution is -2.34. The second kappa shape index (κ2) is 7.90. The summed E-state index contributed by atoms with van der Waals surface area (Å²) < 4.78 is 28.6. The van der Waals surface area contributed by atoms with Crippen LogP contribution in [0.3, 0.4) is 0 Å². The van der Waals surface area contributed by atoms with Gasteiger partial charge in [0.25, 0.3) is 6.43 Å². The van der Waals surface area contributed by atoms with Gasteiger partial charge in [0.1, 0.15) is 21.7 Å². The Labute approximate surface area is 184 Å². The first-order valence-electron chi connectivity index (χ1n) is 9.98. The lowest BCUT2D eigenvalue weighted by Gasteiger charge is -2.21. The van der Waals surface area contributed by atoms with E-state index in [1.165, 1.54) is 28.1 Å². The van der Waals surface area contributed by atoms with Gasteiger partial charge in [-0.25, -0.2) is 28.1 Å². The standard InChI is InChI=1S/C21H18F2N6O2S/c1-10-9-29-19(25-10)13(18(22)23)6-14(28-29)16-8-24-15-7-17(32-20(15)27-16)11-2-4-12(5-3-11)26-21(30)31/h2,6-9,12,18,26H,3-5H2,1H3,(H,30,31)/t12-/m0/s1. The zero-order valence-corrected chi connectivity index (χ0v) is 17.7. The Kier molecular flexibility index (Phi) is 5.04. The van der Waals surface area contributed by atoms with E-state index < -0.39 is 12.5 Å².